The molecule has 0 fully saturated rings. The molecule has 0 spiro atoms. The van der Waals surface area contributed by atoms with Crippen LogP contribution < -0.4 is 10.9 Å². The zero-order valence-electron chi connectivity index (χ0n) is 19.2. The van der Waals surface area contributed by atoms with Crippen LogP contribution in [0, 0.1) is 20.8 Å². The zero-order valence-corrected chi connectivity index (χ0v) is 20.0. The van der Waals surface area contributed by atoms with Gasteiger partial charge in [0.1, 0.15) is 5.82 Å². The number of amides is 1. The Hall–Kier alpha value is -3.36. The normalized spacial score (nSPS) is 11.3. The van der Waals surface area contributed by atoms with Gasteiger partial charge < -0.3 is 10.3 Å². The van der Waals surface area contributed by atoms with Gasteiger partial charge in [0, 0.05) is 10.9 Å². The van der Waals surface area contributed by atoms with Gasteiger partial charge in [-0.1, -0.05) is 36.8 Å². The number of benzene rings is 2. The van der Waals surface area contributed by atoms with Crippen molar-refractivity contribution in [3.8, 4) is 11.3 Å². The van der Waals surface area contributed by atoms with Crippen molar-refractivity contribution in [2.75, 3.05) is 18.4 Å². The number of hydrogen-bond donors (Lipinski definition) is 2. The number of carbonyl (C=O) groups excluding carboxylic acids is 1. The summed E-state index contributed by atoms with van der Waals surface area (Å²) in [5.74, 6) is 0.383. The number of aromatic amines is 1. The van der Waals surface area contributed by atoms with E-state index in [-0.39, 0.29) is 18.0 Å². The lowest BCUT2D eigenvalue weighted by Crippen LogP contribution is -2.33. The second-order valence-electron chi connectivity index (χ2n) is 8.19. The lowest BCUT2D eigenvalue weighted by Gasteiger charge is -2.18. The fraction of sp³-hybridized carbons (Fsp3) is 0.280. The molecule has 170 valence electrons. The first-order valence-electron chi connectivity index (χ1n) is 10.9. The van der Waals surface area contributed by atoms with Crippen LogP contribution in [0.15, 0.2) is 46.6 Å². The molecule has 0 bridgehead atoms. The summed E-state index contributed by atoms with van der Waals surface area (Å²) in [6.07, 6.45) is 0. The minimum Gasteiger partial charge on any atom is -0.309 e. The van der Waals surface area contributed by atoms with E-state index in [0.29, 0.717) is 34.9 Å². The summed E-state index contributed by atoms with van der Waals surface area (Å²) >= 11 is 1.41. The molecular weight excluding hydrogens is 434 g/mol. The molecule has 4 rings (SSSR count). The molecule has 2 N–H and O–H groups in total. The van der Waals surface area contributed by atoms with Gasteiger partial charge in [0.25, 0.3) is 5.56 Å². The molecule has 33 heavy (non-hydrogen) atoms. The molecule has 0 radical (unpaired) electrons. The number of likely N-dealkylation sites (N-methyl/N-ethyl adjacent to an activating group) is 1. The highest BCUT2D eigenvalue weighted by atomic mass is 32.1. The number of hydrogen-bond acceptors (Lipinski definition) is 6. The molecule has 2 heterocycles. The summed E-state index contributed by atoms with van der Waals surface area (Å²) in [6.45, 7) is 9.39. The van der Waals surface area contributed by atoms with Crippen LogP contribution in [-0.2, 0) is 11.3 Å². The Morgan fingerprint density at radius 1 is 1.12 bits per heavy atom. The monoisotopic (exact) mass is 461 g/mol. The molecule has 0 aliphatic carbocycles. The van der Waals surface area contributed by atoms with Crippen LogP contribution >= 0.6 is 11.3 Å². The van der Waals surface area contributed by atoms with Gasteiger partial charge in [-0.25, -0.2) is 9.97 Å². The van der Waals surface area contributed by atoms with Crippen molar-refractivity contribution in [3.63, 3.8) is 0 Å². The quantitative estimate of drug-likeness (QED) is 0.425. The molecule has 0 atom stereocenters. The Morgan fingerprint density at radius 2 is 1.85 bits per heavy atom. The first-order chi connectivity index (χ1) is 15.8. The van der Waals surface area contributed by atoms with Crippen LogP contribution in [0.3, 0.4) is 0 Å². The maximum Gasteiger partial charge on any atom is 0.258 e. The molecule has 0 aliphatic heterocycles. The van der Waals surface area contributed by atoms with Gasteiger partial charge in [-0.05, 0) is 50.6 Å². The van der Waals surface area contributed by atoms with E-state index < -0.39 is 0 Å². The van der Waals surface area contributed by atoms with Crippen LogP contribution in [0.4, 0.5) is 5.13 Å². The molecule has 0 saturated carbocycles. The standard InChI is InChI=1S/C25H27N5O2S/c1-5-30(12-21-26-19-9-7-6-8-18(19)24(32)28-21)13-22(31)29-25-27-20(14-33-25)23-16(3)10-15(2)11-17(23)4/h6-11,14H,5,12-13H2,1-4H3,(H,26,28,32)(H,27,29,31). The summed E-state index contributed by atoms with van der Waals surface area (Å²) in [4.78, 5) is 38.9. The van der Waals surface area contributed by atoms with Crippen LogP contribution in [0.5, 0.6) is 0 Å². The fourth-order valence-electron chi connectivity index (χ4n) is 4.09. The van der Waals surface area contributed by atoms with E-state index in [4.69, 9.17) is 0 Å². The first kappa shape index (κ1) is 22.8. The number of H-pyrrole nitrogens is 1. The molecule has 2 aromatic heterocycles. The largest absolute Gasteiger partial charge is 0.309 e. The molecule has 0 saturated heterocycles. The molecule has 4 aromatic rings. The van der Waals surface area contributed by atoms with E-state index in [1.54, 1.807) is 6.07 Å². The zero-order chi connectivity index (χ0) is 23.5. The molecule has 7 nitrogen and oxygen atoms in total. The van der Waals surface area contributed by atoms with Crippen LogP contribution in [0.1, 0.15) is 29.4 Å². The Balaban J connectivity index is 1.44. The predicted molar refractivity (Wildman–Crippen MR) is 134 cm³/mol. The lowest BCUT2D eigenvalue weighted by atomic mass is 9.98. The average molecular weight is 462 g/mol. The number of rotatable bonds is 7. The first-order valence-corrected chi connectivity index (χ1v) is 11.8. The van der Waals surface area contributed by atoms with E-state index in [1.807, 2.05) is 35.4 Å². The van der Waals surface area contributed by atoms with Gasteiger partial charge in [0.05, 0.1) is 29.7 Å². The van der Waals surface area contributed by atoms with E-state index in [1.165, 1.54) is 28.0 Å². The molecular formula is C25H27N5O2S. The Labute approximate surface area is 196 Å². The third-order valence-corrected chi connectivity index (χ3v) is 6.29. The summed E-state index contributed by atoms with van der Waals surface area (Å²) in [5, 5.41) is 6.01. The van der Waals surface area contributed by atoms with Crippen molar-refractivity contribution in [2.24, 2.45) is 0 Å². The maximum atomic E-state index is 12.7. The number of aromatic nitrogens is 3. The van der Waals surface area contributed by atoms with Gasteiger partial charge in [0.15, 0.2) is 5.13 Å². The number of aryl methyl sites for hydroxylation is 3. The smallest absolute Gasteiger partial charge is 0.258 e. The number of thiazole rings is 1. The second-order valence-corrected chi connectivity index (χ2v) is 9.05. The van der Waals surface area contributed by atoms with Gasteiger partial charge in [-0.2, -0.15) is 0 Å². The van der Waals surface area contributed by atoms with Crippen molar-refractivity contribution in [3.05, 3.63) is 74.6 Å². The highest BCUT2D eigenvalue weighted by Crippen LogP contribution is 2.31. The maximum absolute atomic E-state index is 12.7. The summed E-state index contributed by atoms with van der Waals surface area (Å²) in [5.41, 5.74) is 6.02. The highest BCUT2D eigenvalue weighted by molar-refractivity contribution is 7.14. The Bertz CT molecular complexity index is 1350. The highest BCUT2D eigenvalue weighted by Gasteiger charge is 2.15. The van der Waals surface area contributed by atoms with E-state index >= 15 is 0 Å². The minimum absolute atomic E-state index is 0.154. The number of para-hydroxylation sites is 1. The number of fused-ring (bicyclic) bond motifs is 1. The fourth-order valence-corrected chi connectivity index (χ4v) is 4.81. The van der Waals surface area contributed by atoms with Crippen molar-refractivity contribution < 1.29 is 4.79 Å². The average Bonchev–Trinajstić information content (AvgIpc) is 3.20. The second kappa shape index (κ2) is 9.64. The Morgan fingerprint density at radius 3 is 2.58 bits per heavy atom. The number of nitrogens with zero attached hydrogens (tertiary/aromatic N) is 3. The van der Waals surface area contributed by atoms with Crippen LogP contribution in [-0.4, -0.2) is 38.8 Å². The third kappa shape index (κ3) is 5.18. The molecule has 8 heteroatoms. The topological polar surface area (TPSA) is 91.0 Å². The lowest BCUT2D eigenvalue weighted by molar-refractivity contribution is -0.117. The van der Waals surface area contributed by atoms with Crippen LogP contribution in [0.2, 0.25) is 0 Å². The molecule has 0 aliphatic rings. The number of anilines is 1. The van der Waals surface area contributed by atoms with Gasteiger partial charge >= 0.3 is 0 Å². The Kier molecular flexibility index (Phi) is 6.67. The molecule has 1 amide bonds. The van der Waals surface area contributed by atoms with Gasteiger partial charge in [0.2, 0.25) is 5.91 Å². The molecule has 2 aromatic carbocycles. The predicted octanol–water partition coefficient (Wildman–Crippen LogP) is 4.43. The summed E-state index contributed by atoms with van der Waals surface area (Å²) in [7, 11) is 0. The third-order valence-electron chi connectivity index (χ3n) is 5.53. The van der Waals surface area contributed by atoms with Gasteiger partial charge in [-0.3, -0.25) is 14.5 Å². The van der Waals surface area contributed by atoms with E-state index in [9.17, 15) is 9.59 Å². The number of nitrogens with one attached hydrogen (secondary N) is 2. The van der Waals surface area contributed by atoms with E-state index in [0.717, 1.165) is 11.3 Å². The minimum atomic E-state index is -0.173. The van der Waals surface area contributed by atoms with Crippen molar-refractivity contribution in [1.29, 1.82) is 0 Å². The van der Waals surface area contributed by atoms with Crippen LogP contribution in [0.25, 0.3) is 22.2 Å². The van der Waals surface area contributed by atoms with Crippen molar-refractivity contribution in [2.45, 2.75) is 34.2 Å². The number of carbonyl (C=O) groups is 1. The van der Waals surface area contributed by atoms with Crippen molar-refractivity contribution >= 4 is 33.3 Å². The molecule has 0 unspecified atom stereocenters. The van der Waals surface area contributed by atoms with E-state index in [2.05, 4.69) is 53.2 Å². The summed E-state index contributed by atoms with van der Waals surface area (Å²) < 4.78 is 0. The summed E-state index contributed by atoms with van der Waals surface area (Å²) in [6, 6.07) is 11.5. The SMILES string of the molecule is CCN(CC(=O)Nc1nc(-c2c(C)cc(C)cc2C)cs1)Cc1nc2ccccc2c(=O)[nH]1. The van der Waals surface area contributed by atoms with Gasteiger partial charge in [-0.15, -0.1) is 11.3 Å². The van der Waals surface area contributed by atoms with Crippen molar-refractivity contribution in [1.82, 2.24) is 19.9 Å².